The molecule has 0 spiro atoms. The van der Waals surface area contributed by atoms with E-state index in [-0.39, 0.29) is 5.75 Å². The molecule has 0 N–H and O–H groups in total. The summed E-state index contributed by atoms with van der Waals surface area (Å²) in [6.45, 7) is 0. The zero-order chi connectivity index (χ0) is 11.0. The van der Waals surface area contributed by atoms with Crippen LogP contribution in [0.5, 0.6) is 0 Å². The van der Waals surface area contributed by atoms with Gasteiger partial charge in [-0.25, -0.2) is 16.8 Å². The van der Waals surface area contributed by atoms with Crippen molar-refractivity contribution < 1.29 is 16.8 Å². The highest BCUT2D eigenvalue weighted by atomic mass is 35.7. The van der Waals surface area contributed by atoms with Gasteiger partial charge in [-0.1, -0.05) is 0 Å². The standard InChI is InChI=1S/C7H13ClO4S2/c1-13(9,10)6-2-3-7(4-5-7)14(8,11)12/h2-6H2,1H3. The van der Waals surface area contributed by atoms with Crippen molar-refractivity contribution in [1.29, 1.82) is 0 Å². The molecule has 1 saturated carbocycles. The van der Waals surface area contributed by atoms with Crippen molar-refractivity contribution in [2.24, 2.45) is 0 Å². The van der Waals surface area contributed by atoms with Gasteiger partial charge in [0.05, 0.1) is 4.75 Å². The number of rotatable bonds is 5. The van der Waals surface area contributed by atoms with E-state index in [0.717, 1.165) is 6.26 Å². The van der Waals surface area contributed by atoms with Crippen molar-refractivity contribution in [1.82, 2.24) is 0 Å². The molecule has 0 heterocycles. The van der Waals surface area contributed by atoms with Crippen molar-refractivity contribution in [3.05, 3.63) is 0 Å². The maximum atomic E-state index is 11.1. The molecule has 0 amide bonds. The van der Waals surface area contributed by atoms with Gasteiger partial charge < -0.3 is 0 Å². The van der Waals surface area contributed by atoms with Crippen LogP contribution in [-0.4, -0.2) is 33.6 Å². The third-order valence-corrected chi connectivity index (χ3v) is 6.13. The van der Waals surface area contributed by atoms with E-state index in [0.29, 0.717) is 25.7 Å². The summed E-state index contributed by atoms with van der Waals surface area (Å²) in [5.74, 6) is 0.0289. The Morgan fingerprint density at radius 2 is 1.71 bits per heavy atom. The van der Waals surface area contributed by atoms with Gasteiger partial charge in [-0.05, 0) is 25.7 Å². The van der Waals surface area contributed by atoms with Crippen molar-refractivity contribution in [2.45, 2.75) is 30.4 Å². The molecule has 14 heavy (non-hydrogen) atoms. The third kappa shape index (κ3) is 3.10. The van der Waals surface area contributed by atoms with Gasteiger partial charge in [-0.2, -0.15) is 0 Å². The molecule has 0 atom stereocenters. The van der Waals surface area contributed by atoms with E-state index in [1.165, 1.54) is 0 Å². The van der Waals surface area contributed by atoms with Crippen LogP contribution in [0.3, 0.4) is 0 Å². The molecular formula is C7H13ClO4S2. The second kappa shape index (κ2) is 3.64. The van der Waals surface area contributed by atoms with E-state index < -0.39 is 23.6 Å². The molecule has 84 valence electrons. The summed E-state index contributed by atoms with van der Waals surface area (Å²) < 4.78 is 43.0. The molecule has 0 saturated heterocycles. The molecule has 4 nitrogen and oxygen atoms in total. The molecule has 1 aliphatic carbocycles. The highest BCUT2D eigenvalue weighted by Gasteiger charge is 2.53. The summed E-state index contributed by atoms with van der Waals surface area (Å²) in [6, 6.07) is 0. The Kier molecular flexibility index (Phi) is 3.19. The molecule has 0 aromatic carbocycles. The minimum absolute atomic E-state index is 0.0289. The first kappa shape index (κ1) is 12.3. The average molecular weight is 261 g/mol. The summed E-state index contributed by atoms with van der Waals surface area (Å²) in [5, 5.41) is 0. The Balaban J connectivity index is 2.48. The van der Waals surface area contributed by atoms with E-state index in [1.54, 1.807) is 0 Å². The van der Waals surface area contributed by atoms with Crippen molar-refractivity contribution in [3.8, 4) is 0 Å². The van der Waals surface area contributed by atoms with Gasteiger partial charge in [0.1, 0.15) is 9.84 Å². The number of sulfone groups is 1. The van der Waals surface area contributed by atoms with E-state index in [9.17, 15) is 16.8 Å². The molecule has 0 radical (unpaired) electrons. The SMILES string of the molecule is CS(=O)(=O)CCCC1(S(=O)(=O)Cl)CC1. The summed E-state index contributed by atoms with van der Waals surface area (Å²) in [6.07, 6.45) is 2.98. The number of halogens is 1. The van der Waals surface area contributed by atoms with Gasteiger partial charge in [0, 0.05) is 22.7 Å². The van der Waals surface area contributed by atoms with Gasteiger partial charge in [0.15, 0.2) is 0 Å². The first-order valence-electron chi connectivity index (χ1n) is 4.28. The smallest absolute Gasteiger partial charge is 0.229 e. The zero-order valence-electron chi connectivity index (χ0n) is 7.86. The van der Waals surface area contributed by atoms with Gasteiger partial charge >= 0.3 is 0 Å². The van der Waals surface area contributed by atoms with Crippen LogP contribution in [0.4, 0.5) is 0 Å². The minimum atomic E-state index is -3.53. The normalized spacial score (nSPS) is 20.7. The van der Waals surface area contributed by atoms with E-state index in [1.807, 2.05) is 0 Å². The zero-order valence-corrected chi connectivity index (χ0v) is 10.3. The predicted molar refractivity (Wildman–Crippen MR) is 55.7 cm³/mol. The molecule has 0 unspecified atom stereocenters. The summed E-state index contributed by atoms with van der Waals surface area (Å²) in [5.41, 5.74) is 0. The maximum absolute atomic E-state index is 11.1. The van der Waals surface area contributed by atoms with Crippen LogP contribution in [0.25, 0.3) is 0 Å². The fourth-order valence-corrected chi connectivity index (χ4v) is 3.75. The van der Waals surface area contributed by atoms with Crippen LogP contribution in [0, 0.1) is 0 Å². The van der Waals surface area contributed by atoms with Crippen LogP contribution in [-0.2, 0) is 18.9 Å². The lowest BCUT2D eigenvalue weighted by molar-refractivity contribution is 0.574. The van der Waals surface area contributed by atoms with Crippen molar-refractivity contribution in [2.75, 3.05) is 12.0 Å². The average Bonchev–Trinajstić information content (AvgIpc) is 2.63. The molecule has 0 bridgehead atoms. The fourth-order valence-electron chi connectivity index (χ4n) is 1.41. The first-order chi connectivity index (χ1) is 6.16. The Hall–Kier alpha value is 0.190. The Morgan fingerprint density at radius 3 is 2.00 bits per heavy atom. The Morgan fingerprint density at radius 1 is 1.21 bits per heavy atom. The van der Waals surface area contributed by atoms with E-state index >= 15 is 0 Å². The van der Waals surface area contributed by atoms with Crippen molar-refractivity contribution in [3.63, 3.8) is 0 Å². The molecule has 1 aliphatic rings. The van der Waals surface area contributed by atoms with Gasteiger partial charge in [-0.3, -0.25) is 0 Å². The second-order valence-electron chi connectivity index (χ2n) is 3.85. The predicted octanol–water partition coefficient (Wildman–Crippen LogP) is 0.912. The Labute approximate surface area is 89.0 Å². The lowest BCUT2D eigenvalue weighted by Crippen LogP contribution is -2.19. The summed E-state index contributed by atoms with van der Waals surface area (Å²) in [4.78, 5) is 0. The largest absolute Gasteiger partial charge is 0.238 e. The molecule has 0 aromatic rings. The second-order valence-corrected chi connectivity index (χ2v) is 9.07. The Bertz CT molecular complexity index is 405. The van der Waals surface area contributed by atoms with Crippen LogP contribution < -0.4 is 0 Å². The molecule has 7 heteroatoms. The lowest BCUT2D eigenvalue weighted by Gasteiger charge is -2.09. The van der Waals surface area contributed by atoms with Gasteiger partial charge in [0.2, 0.25) is 9.05 Å². The quantitative estimate of drug-likeness (QED) is 0.689. The lowest BCUT2D eigenvalue weighted by atomic mass is 10.2. The van der Waals surface area contributed by atoms with Crippen LogP contribution in [0.2, 0.25) is 0 Å². The maximum Gasteiger partial charge on any atom is 0.238 e. The molecule has 0 aliphatic heterocycles. The monoisotopic (exact) mass is 260 g/mol. The minimum Gasteiger partial charge on any atom is -0.229 e. The molecule has 1 fully saturated rings. The summed E-state index contributed by atoms with van der Waals surface area (Å²) in [7, 11) is -1.27. The molecule has 1 rings (SSSR count). The van der Waals surface area contributed by atoms with E-state index in [4.69, 9.17) is 10.7 Å². The van der Waals surface area contributed by atoms with Crippen molar-refractivity contribution >= 4 is 29.6 Å². The van der Waals surface area contributed by atoms with Crippen LogP contribution >= 0.6 is 10.7 Å². The summed E-state index contributed by atoms with van der Waals surface area (Å²) >= 11 is 0. The molecular weight excluding hydrogens is 248 g/mol. The highest BCUT2D eigenvalue weighted by Crippen LogP contribution is 2.49. The van der Waals surface area contributed by atoms with Crippen LogP contribution in [0.1, 0.15) is 25.7 Å². The number of hydrogen-bond donors (Lipinski definition) is 0. The topological polar surface area (TPSA) is 68.3 Å². The van der Waals surface area contributed by atoms with Gasteiger partial charge in [-0.15, -0.1) is 0 Å². The van der Waals surface area contributed by atoms with Crippen LogP contribution in [0.15, 0.2) is 0 Å². The third-order valence-electron chi connectivity index (χ3n) is 2.47. The fraction of sp³-hybridized carbons (Fsp3) is 1.00. The molecule has 0 aromatic heterocycles. The first-order valence-corrected chi connectivity index (χ1v) is 8.65. The van der Waals surface area contributed by atoms with E-state index in [2.05, 4.69) is 0 Å². The highest BCUT2D eigenvalue weighted by molar-refractivity contribution is 8.15. The van der Waals surface area contributed by atoms with Gasteiger partial charge in [0.25, 0.3) is 0 Å². The number of hydrogen-bond acceptors (Lipinski definition) is 4.